The Morgan fingerprint density at radius 3 is 2.62 bits per heavy atom. The summed E-state index contributed by atoms with van der Waals surface area (Å²) in [7, 11) is 0. The number of carbonyl (C=O) groups is 1. The maximum atomic E-state index is 12.0. The third-order valence-electron chi connectivity index (χ3n) is 2.79. The number of amides is 1. The fourth-order valence-corrected chi connectivity index (χ4v) is 2.43. The number of aryl methyl sites for hydroxylation is 1. The number of benzene rings is 1. The molecule has 3 rings (SSSR count). The molecular weight excluding hydrogens is 288 g/mol. The maximum Gasteiger partial charge on any atom is 0.259 e. The minimum atomic E-state index is -0.183. The second-order valence-corrected chi connectivity index (χ2v) is 5.34. The standard InChI is InChI=1S/C13H12N6OS/c1-8-11(6-15-18-8)12(20)17-9-2-4-10(5-3-9)21-13-14-7-16-19-13/h2-7H,1H3,(H,15,18)(H,17,20)(H,14,16,19). The maximum absolute atomic E-state index is 12.0. The fourth-order valence-electron chi connectivity index (χ4n) is 1.74. The number of H-pyrrole nitrogens is 2. The normalized spacial score (nSPS) is 10.5. The number of rotatable bonds is 4. The van der Waals surface area contributed by atoms with Crippen molar-refractivity contribution in [2.75, 3.05) is 5.32 Å². The van der Waals surface area contributed by atoms with Crippen molar-refractivity contribution in [3.8, 4) is 0 Å². The lowest BCUT2D eigenvalue weighted by atomic mass is 10.2. The Morgan fingerprint density at radius 1 is 1.19 bits per heavy atom. The predicted molar refractivity (Wildman–Crippen MR) is 78.2 cm³/mol. The zero-order valence-corrected chi connectivity index (χ0v) is 11.9. The molecule has 1 aromatic carbocycles. The zero-order chi connectivity index (χ0) is 14.7. The highest BCUT2D eigenvalue weighted by atomic mass is 32.2. The van der Waals surface area contributed by atoms with Crippen LogP contribution in [0.3, 0.4) is 0 Å². The molecule has 21 heavy (non-hydrogen) atoms. The molecule has 3 aromatic rings. The molecule has 0 spiro atoms. The molecule has 2 aromatic heterocycles. The molecule has 3 N–H and O–H groups in total. The van der Waals surface area contributed by atoms with Crippen molar-refractivity contribution in [2.45, 2.75) is 17.0 Å². The summed E-state index contributed by atoms with van der Waals surface area (Å²) in [5.41, 5.74) is 2.00. The van der Waals surface area contributed by atoms with Crippen LogP contribution in [0.2, 0.25) is 0 Å². The number of hydrogen-bond acceptors (Lipinski definition) is 5. The molecular formula is C13H12N6OS. The highest BCUT2D eigenvalue weighted by molar-refractivity contribution is 7.99. The lowest BCUT2D eigenvalue weighted by Crippen LogP contribution is -2.12. The predicted octanol–water partition coefficient (Wildman–Crippen LogP) is 2.24. The van der Waals surface area contributed by atoms with Gasteiger partial charge >= 0.3 is 0 Å². The number of nitrogens with zero attached hydrogens (tertiary/aromatic N) is 3. The minimum Gasteiger partial charge on any atom is -0.322 e. The van der Waals surface area contributed by atoms with Crippen LogP contribution in [0.5, 0.6) is 0 Å². The van der Waals surface area contributed by atoms with Gasteiger partial charge in [0.25, 0.3) is 5.91 Å². The minimum absolute atomic E-state index is 0.183. The van der Waals surface area contributed by atoms with Gasteiger partial charge in [-0.25, -0.2) is 4.98 Å². The van der Waals surface area contributed by atoms with Crippen molar-refractivity contribution in [3.63, 3.8) is 0 Å². The first-order valence-corrected chi connectivity index (χ1v) is 6.98. The molecule has 0 saturated carbocycles. The summed E-state index contributed by atoms with van der Waals surface area (Å²) in [6.45, 7) is 1.80. The van der Waals surface area contributed by atoms with Crippen LogP contribution in [0, 0.1) is 6.92 Å². The molecule has 0 fully saturated rings. The molecule has 1 amide bonds. The van der Waals surface area contributed by atoms with Gasteiger partial charge in [0, 0.05) is 16.3 Å². The number of nitrogens with one attached hydrogen (secondary N) is 3. The van der Waals surface area contributed by atoms with Crippen LogP contribution in [-0.2, 0) is 0 Å². The smallest absolute Gasteiger partial charge is 0.259 e. The summed E-state index contributed by atoms with van der Waals surface area (Å²) in [5.74, 6) is -0.183. The summed E-state index contributed by atoms with van der Waals surface area (Å²) in [5, 5.41) is 16.7. The van der Waals surface area contributed by atoms with E-state index >= 15 is 0 Å². The highest BCUT2D eigenvalue weighted by Gasteiger charge is 2.10. The topological polar surface area (TPSA) is 99.3 Å². The molecule has 8 heteroatoms. The average Bonchev–Trinajstić information content (AvgIpc) is 3.12. The van der Waals surface area contributed by atoms with Gasteiger partial charge in [-0.2, -0.15) is 10.2 Å². The second-order valence-electron chi connectivity index (χ2n) is 4.28. The number of anilines is 1. The van der Waals surface area contributed by atoms with Crippen LogP contribution in [0.1, 0.15) is 16.1 Å². The molecule has 0 saturated heterocycles. The van der Waals surface area contributed by atoms with Crippen molar-refractivity contribution in [1.29, 1.82) is 0 Å². The molecule has 0 atom stereocenters. The van der Waals surface area contributed by atoms with Gasteiger partial charge in [0.05, 0.1) is 11.8 Å². The third kappa shape index (κ3) is 3.11. The number of aromatic amines is 2. The summed E-state index contributed by atoms with van der Waals surface area (Å²) in [4.78, 5) is 17.1. The molecule has 7 nitrogen and oxygen atoms in total. The molecule has 0 aliphatic heterocycles. The Balaban J connectivity index is 1.67. The zero-order valence-electron chi connectivity index (χ0n) is 11.1. The van der Waals surface area contributed by atoms with E-state index in [0.717, 1.165) is 21.4 Å². The van der Waals surface area contributed by atoms with Gasteiger partial charge in [0.1, 0.15) is 6.33 Å². The van der Waals surface area contributed by atoms with E-state index in [0.29, 0.717) is 5.56 Å². The SMILES string of the molecule is Cc1[nH]ncc1C(=O)Nc1ccc(Sc2ncn[nH]2)cc1. The summed E-state index contributed by atoms with van der Waals surface area (Å²) in [6, 6.07) is 7.49. The van der Waals surface area contributed by atoms with Crippen LogP contribution >= 0.6 is 11.8 Å². The Kier molecular flexibility index (Phi) is 3.69. The van der Waals surface area contributed by atoms with Gasteiger partial charge in [0.2, 0.25) is 0 Å². The Hall–Kier alpha value is -2.61. The molecule has 0 unspecified atom stereocenters. The van der Waals surface area contributed by atoms with E-state index in [9.17, 15) is 4.79 Å². The van der Waals surface area contributed by atoms with E-state index < -0.39 is 0 Å². The van der Waals surface area contributed by atoms with Gasteiger partial charge in [-0.05, 0) is 31.2 Å². The second kappa shape index (κ2) is 5.80. The van der Waals surface area contributed by atoms with Crippen LogP contribution < -0.4 is 5.32 Å². The molecule has 0 radical (unpaired) electrons. The Labute approximate surface area is 124 Å². The summed E-state index contributed by atoms with van der Waals surface area (Å²) in [6.07, 6.45) is 2.98. The van der Waals surface area contributed by atoms with Gasteiger partial charge in [0.15, 0.2) is 5.16 Å². The highest BCUT2D eigenvalue weighted by Crippen LogP contribution is 2.25. The number of hydrogen-bond donors (Lipinski definition) is 3. The molecule has 0 bridgehead atoms. The molecule has 0 aliphatic rings. The van der Waals surface area contributed by atoms with Gasteiger partial charge in [-0.3, -0.25) is 15.0 Å². The van der Waals surface area contributed by atoms with Gasteiger partial charge < -0.3 is 5.32 Å². The van der Waals surface area contributed by atoms with E-state index in [-0.39, 0.29) is 5.91 Å². The molecule has 0 aliphatic carbocycles. The van der Waals surface area contributed by atoms with Crippen molar-refractivity contribution in [3.05, 3.63) is 48.0 Å². The molecule has 106 valence electrons. The summed E-state index contributed by atoms with van der Waals surface area (Å²) < 4.78 is 0. The first-order chi connectivity index (χ1) is 10.2. The van der Waals surface area contributed by atoms with Crippen molar-refractivity contribution < 1.29 is 4.79 Å². The first-order valence-electron chi connectivity index (χ1n) is 6.17. The Bertz CT molecular complexity index is 734. The van der Waals surface area contributed by atoms with E-state index in [1.807, 2.05) is 24.3 Å². The quantitative estimate of drug-likeness (QED) is 0.686. The third-order valence-corrected chi connectivity index (χ3v) is 3.69. The van der Waals surface area contributed by atoms with Crippen molar-refractivity contribution in [1.82, 2.24) is 25.4 Å². The van der Waals surface area contributed by atoms with E-state index in [2.05, 4.69) is 30.7 Å². The molecule has 2 heterocycles. The van der Waals surface area contributed by atoms with Crippen molar-refractivity contribution >= 4 is 23.4 Å². The lowest BCUT2D eigenvalue weighted by molar-refractivity contribution is 0.102. The van der Waals surface area contributed by atoms with Crippen LogP contribution in [0.4, 0.5) is 5.69 Å². The summed E-state index contributed by atoms with van der Waals surface area (Å²) >= 11 is 1.47. The number of carbonyl (C=O) groups excluding carboxylic acids is 1. The van der Waals surface area contributed by atoms with Crippen molar-refractivity contribution in [2.24, 2.45) is 0 Å². The van der Waals surface area contributed by atoms with Gasteiger partial charge in [-0.1, -0.05) is 11.8 Å². The van der Waals surface area contributed by atoms with Crippen LogP contribution in [-0.4, -0.2) is 31.3 Å². The van der Waals surface area contributed by atoms with Crippen LogP contribution in [0.25, 0.3) is 0 Å². The Morgan fingerprint density at radius 2 is 2.00 bits per heavy atom. The monoisotopic (exact) mass is 300 g/mol. The van der Waals surface area contributed by atoms with E-state index in [1.165, 1.54) is 24.3 Å². The lowest BCUT2D eigenvalue weighted by Gasteiger charge is -2.05. The largest absolute Gasteiger partial charge is 0.322 e. The van der Waals surface area contributed by atoms with E-state index in [4.69, 9.17) is 0 Å². The van der Waals surface area contributed by atoms with Crippen LogP contribution in [0.15, 0.2) is 46.8 Å². The first kappa shape index (κ1) is 13.4. The fraction of sp³-hybridized carbons (Fsp3) is 0.0769. The average molecular weight is 300 g/mol. The van der Waals surface area contributed by atoms with Gasteiger partial charge in [-0.15, -0.1) is 0 Å². The number of aromatic nitrogens is 5. The van der Waals surface area contributed by atoms with E-state index in [1.54, 1.807) is 6.92 Å².